The van der Waals surface area contributed by atoms with Gasteiger partial charge in [0.25, 0.3) is 0 Å². The molecule has 98 valence electrons. The molecule has 0 aromatic heterocycles. The van der Waals surface area contributed by atoms with Gasteiger partial charge < -0.3 is 10.3 Å². The maximum Gasteiger partial charge on any atom is 0.217 e. The Bertz CT molecular complexity index is 668. The van der Waals surface area contributed by atoms with Gasteiger partial charge in [-0.15, -0.1) is 0 Å². The van der Waals surface area contributed by atoms with Crippen molar-refractivity contribution in [2.45, 2.75) is 12.1 Å². The van der Waals surface area contributed by atoms with E-state index in [9.17, 15) is 13.6 Å². The van der Waals surface area contributed by atoms with E-state index in [1.165, 1.54) is 0 Å². The molecular formula is C14H12NO3S-. The monoisotopic (exact) mass is 274 g/mol. The van der Waals surface area contributed by atoms with Crippen LogP contribution in [0.5, 0.6) is 0 Å². The Kier molecular flexibility index (Phi) is 3.10. The van der Waals surface area contributed by atoms with Crippen molar-refractivity contribution in [1.82, 2.24) is 5.06 Å². The molecule has 1 aliphatic carbocycles. The zero-order valence-electron chi connectivity index (χ0n) is 10.0. The summed E-state index contributed by atoms with van der Waals surface area (Å²) >= 11 is 0. The van der Waals surface area contributed by atoms with Crippen LogP contribution in [0.2, 0.25) is 0 Å². The molecule has 2 aliphatic rings. The summed E-state index contributed by atoms with van der Waals surface area (Å²) in [5.74, 6) is -0.356. The van der Waals surface area contributed by atoms with Crippen LogP contribution in [0.4, 0.5) is 0 Å². The minimum Gasteiger partial charge on any atom is -0.784 e. The van der Waals surface area contributed by atoms with Gasteiger partial charge in [-0.25, -0.2) is 0 Å². The molecule has 1 fully saturated rings. The van der Waals surface area contributed by atoms with E-state index in [0.29, 0.717) is 0 Å². The van der Waals surface area contributed by atoms with Crippen molar-refractivity contribution >= 4 is 15.2 Å². The van der Waals surface area contributed by atoms with Crippen LogP contribution in [0.1, 0.15) is 11.6 Å². The van der Waals surface area contributed by atoms with E-state index in [0.717, 1.165) is 10.6 Å². The molecule has 0 bridgehead atoms. The lowest BCUT2D eigenvalue weighted by molar-refractivity contribution is 0.616. The number of rotatable bonds is 2. The van der Waals surface area contributed by atoms with E-state index in [1.54, 1.807) is 24.3 Å². The molecule has 4 unspecified atom stereocenters. The van der Waals surface area contributed by atoms with E-state index >= 15 is 0 Å². The fourth-order valence-corrected chi connectivity index (χ4v) is 3.20. The Morgan fingerprint density at radius 1 is 1.11 bits per heavy atom. The molecule has 0 spiro atoms. The number of allylic oxidation sites excluding steroid dienone is 3. The predicted octanol–water partition coefficient (Wildman–Crippen LogP) is 1.70. The van der Waals surface area contributed by atoms with Gasteiger partial charge in [0.2, 0.25) is 10.3 Å². The molecule has 0 N–H and O–H groups in total. The topological polar surface area (TPSA) is 60.2 Å². The Labute approximate surface area is 112 Å². The normalized spacial score (nSPS) is 32.4. The molecule has 0 saturated carbocycles. The maximum absolute atomic E-state index is 11.9. The first kappa shape index (κ1) is 12.3. The lowest BCUT2D eigenvalue weighted by Crippen LogP contribution is -2.21. The third-order valence-corrected chi connectivity index (χ3v) is 4.31. The van der Waals surface area contributed by atoms with E-state index < -0.39 is 10.3 Å². The van der Waals surface area contributed by atoms with Crippen LogP contribution in [0.15, 0.2) is 54.6 Å². The highest BCUT2D eigenvalue weighted by Crippen LogP contribution is 2.47. The average molecular weight is 274 g/mol. The van der Waals surface area contributed by atoms with Crippen LogP contribution >= 0.6 is 0 Å². The van der Waals surface area contributed by atoms with Gasteiger partial charge >= 0.3 is 0 Å². The van der Waals surface area contributed by atoms with Gasteiger partial charge in [-0.05, 0) is 11.6 Å². The standard InChI is InChI=1S/C14H12NO3S/c16-15-13(10-6-2-1-3-7-10)14(15)11-8-4-5-9-12(11)19(17)18/h1-9,11,13-14H/q-1. The molecule has 1 aliphatic heterocycles. The second-order valence-corrected chi connectivity index (χ2v) is 5.55. The van der Waals surface area contributed by atoms with Crippen molar-refractivity contribution < 1.29 is 8.42 Å². The van der Waals surface area contributed by atoms with Crippen molar-refractivity contribution in [3.8, 4) is 0 Å². The highest BCUT2D eigenvalue weighted by atomic mass is 32.2. The molecular weight excluding hydrogens is 262 g/mol. The van der Waals surface area contributed by atoms with Gasteiger partial charge in [0, 0.05) is 18.0 Å². The number of nitrogens with zero attached hydrogens (tertiary/aromatic N) is 1. The summed E-state index contributed by atoms with van der Waals surface area (Å²) < 4.78 is 22.4. The first-order valence-electron chi connectivity index (χ1n) is 6.01. The molecule has 1 heterocycles. The number of hydroxylamine groups is 2. The molecule has 0 radical (unpaired) electrons. The van der Waals surface area contributed by atoms with Gasteiger partial charge in [-0.2, -0.15) is 8.42 Å². The van der Waals surface area contributed by atoms with Crippen LogP contribution in [0.25, 0.3) is 0 Å². The lowest BCUT2D eigenvalue weighted by Gasteiger charge is -2.15. The molecule has 1 aromatic carbocycles. The summed E-state index contributed by atoms with van der Waals surface area (Å²) in [6.45, 7) is 0. The van der Waals surface area contributed by atoms with E-state index in [1.807, 2.05) is 30.3 Å². The lowest BCUT2D eigenvalue weighted by atomic mass is 9.93. The van der Waals surface area contributed by atoms with Crippen LogP contribution in [0, 0.1) is 11.1 Å². The Balaban J connectivity index is 1.91. The van der Waals surface area contributed by atoms with Gasteiger partial charge in [-0.1, -0.05) is 48.6 Å². The second-order valence-electron chi connectivity index (χ2n) is 4.61. The highest BCUT2D eigenvalue weighted by molar-refractivity contribution is 7.73. The third-order valence-electron chi connectivity index (χ3n) is 3.52. The van der Waals surface area contributed by atoms with Crippen LogP contribution in [0.3, 0.4) is 0 Å². The van der Waals surface area contributed by atoms with Crippen LogP contribution in [-0.4, -0.2) is 24.4 Å². The SMILES string of the molecule is O=S(=O)=C1C=CC=CC1C1C(c2ccccc2)N1[O-]. The van der Waals surface area contributed by atoms with Crippen LogP contribution in [-0.2, 0) is 10.3 Å². The van der Waals surface area contributed by atoms with Gasteiger partial charge in [0.05, 0.1) is 4.86 Å². The molecule has 4 nitrogen and oxygen atoms in total. The Hall–Kier alpha value is -1.69. The minimum absolute atomic E-state index is 0.249. The summed E-state index contributed by atoms with van der Waals surface area (Å²) in [6.07, 6.45) is 6.80. The van der Waals surface area contributed by atoms with E-state index in [-0.39, 0.29) is 22.9 Å². The molecule has 19 heavy (non-hydrogen) atoms. The largest absolute Gasteiger partial charge is 0.784 e. The van der Waals surface area contributed by atoms with E-state index in [4.69, 9.17) is 0 Å². The summed E-state index contributed by atoms with van der Waals surface area (Å²) in [6, 6.07) is 8.87. The first-order valence-corrected chi connectivity index (χ1v) is 7.09. The van der Waals surface area contributed by atoms with Crippen LogP contribution < -0.4 is 0 Å². The molecule has 5 heteroatoms. The van der Waals surface area contributed by atoms with Gasteiger partial charge in [0.1, 0.15) is 0 Å². The summed E-state index contributed by atoms with van der Waals surface area (Å²) in [7, 11) is -2.29. The quantitative estimate of drug-likeness (QED) is 0.608. The summed E-state index contributed by atoms with van der Waals surface area (Å²) in [4.78, 5) is 0.284. The Morgan fingerprint density at radius 2 is 1.84 bits per heavy atom. The predicted molar refractivity (Wildman–Crippen MR) is 73.9 cm³/mol. The van der Waals surface area contributed by atoms with Crippen molar-refractivity contribution in [3.05, 3.63) is 65.4 Å². The zero-order valence-corrected chi connectivity index (χ0v) is 10.8. The summed E-state index contributed by atoms with van der Waals surface area (Å²) in [5, 5.41) is 12.9. The van der Waals surface area contributed by atoms with Crippen molar-refractivity contribution in [1.29, 1.82) is 0 Å². The number of hydrogen-bond acceptors (Lipinski definition) is 4. The van der Waals surface area contributed by atoms with Gasteiger partial charge in [0.15, 0.2) is 0 Å². The van der Waals surface area contributed by atoms with E-state index in [2.05, 4.69) is 0 Å². The fraction of sp³-hybridized carbons (Fsp3) is 0.214. The zero-order chi connectivity index (χ0) is 13.4. The molecule has 3 rings (SSSR count). The molecule has 1 aromatic rings. The maximum atomic E-state index is 11.9. The number of benzene rings is 1. The highest BCUT2D eigenvalue weighted by Gasteiger charge is 2.47. The molecule has 1 saturated heterocycles. The second kappa shape index (κ2) is 4.77. The molecule has 4 atom stereocenters. The molecule has 0 amide bonds. The van der Waals surface area contributed by atoms with Gasteiger partial charge in [-0.3, -0.25) is 0 Å². The summed E-state index contributed by atoms with van der Waals surface area (Å²) in [5.41, 5.74) is 0.932. The average Bonchev–Trinajstić information content (AvgIpc) is 3.11. The Morgan fingerprint density at radius 3 is 2.53 bits per heavy atom. The smallest absolute Gasteiger partial charge is 0.217 e. The first-order chi connectivity index (χ1) is 9.20. The fourth-order valence-electron chi connectivity index (χ4n) is 2.57. The minimum atomic E-state index is -2.29. The third kappa shape index (κ3) is 2.16. The van der Waals surface area contributed by atoms with Crippen molar-refractivity contribution in [3.63, 3.8) is 0 Å². The number of hydrogen-bond donors (Lipinski definition) is 0. The van der Waals surface area contributed by atoms with Crippen molar-refractivity contribution in [2.24, 2.45) is 5.92 Å². The van der Waals surface area contributed by atoms with Crippen molar-refractivity contribution in [2.75, 3.05) is 0 Å².